The molecule has 1 amide bonds. The Morgan fingerprint density at radius 2 is 1.71 bits per heavy atom. The molecule has 1 fully saturated rings. The maximum absolute atomic E-state index is 13.4. The molecule has 8 heteroatoms. The Hall–Kier alpha value is -4.04. The lowest BCUT2D eigenvalue weighted by Gasteiger charge is -2.15. The van der Waals surface area contributed by atoms with E-state index in [0.717, 1.165) is 11.4 Å². The van der Waals surface area contributed by atoms with Crippen molar-refractivity contribution >= 4 is 46.3 Å². The highest BCUT2D eigenvalue weighted by Gasteiger charge is 2.34. The number of nitrogens with zero attached hydrogens (tertiary/aromatic N) is 2. The summed E-state index contributed by atoms with van der Waals surface area (Å²) in [6, 6.07) is 23.9. The number of hydrogen-bond acceptors (Lipinski definition) is 6. The van der Waals surface area contributed by atoms with Crippen molar-refractivity contribution in [3.63, 3.8) is 0 Å². The highest BCUT2D eigenvalue weighted by Crippen LogP contribution is 2.38. The fourth-order valence-electron chi connectivity index (χ4n) is 3.23. The Bertz CT molecular complexity index is 1260. The van der Waals surface area contributed by atoms with Gasteiger partial charge in [0.1, 0.15) is 0 Å². The number of amidine groups is 1. The molecule has 172 valence electrons. The minimum atomic E-state index is -1.08. The number of ether oxygens (including phenoxy) is 2. The molecule has 3 aromatic carbocycles. The number of carboxylic acid groups (broad SMARTS) is 1. The van der Waals surface area contributed by atoms with Gasteiger partial charge in [-0.15, -0.1) is 0 Å². The Morgan fingerprint density at radius 3 is 2.35 bits per heavy atom. The number of aliphatic imine (C=N–C) groups is 1. The van der Waals surface area contributed by atoms with Crippen molar-refractivity contribution in [1.29, 1.82) is 0 Å². The predicted molar refractivity (Wildman–Crippen MR) is 134 cm³/mol. The number of aliphatic carboxylic acids is 1. The molecular weight excluding hydrogens is 452 g/mol. The van der Waals surface area contributed by atoms with Gasteiger partial charge in [-0.05, 0) is 66.7 Å². The van der Waals surface area contributed by atoms with Crippen LogP contribution in [0.25, 0.3) is 6.08 Å². The Kier molecular flexibility index (Phi) is 6.98. The summed E-state index contributed by atoms with van der Waals surface area (Å²) in [4.78, 5) is 31.3. The lowest BCUT2D eigenvalue weighted by molar-refractivity contribution is -0.144. The van der Waals surface area contributed by atoms with Crippen molar-refractivity contribution in [3.05, 3.63) is 89.3 Å². The van der Waals surface area contributed by atoms with Gasteiger partial charge in [-0.2, -0.15) is 0 Å². The summed E-state index contributed by atoms with van der Waals surface area (Å²) in [7, 11) is 1.47. The van der Waals surface area contributed by atoms with Gasteiger partial charge in [0.25, 0.3) is 5.91 Å². The quantitative estimate of drug-likeness (QED) is 0.464. The van der Waals surface area contributed by atoms with E-state index in [1.165, 1.54) is 25.8 Å². The van der Waals surface area contributed by atoms with Crippen LogP contribution in [0.2, 0.25) is 0 Å². The Morgan fingerprint density at radius 1 is 1.03 bits per heavy atom. The number of methoxy groups -OCH3 is 1. The van der Waals surface area contributed by atoms with Gasteiger partial charge in [0.2, 0.25) is 0 Å². The van der Waals surface area contributed by atoms with Gasteiger partial charge < -0.3 is 14.6 Å². The van der Waals surface area contributed by atoms with Crippen molar-refractivity contribution in [3.8, 4) is 11.5 Å². The van der Waals surface area contributed by atoms with Gasteiger partial charge in [0.05, 0.1) is 23.4 Å². The minimum absolute atomic E-state index is 0.190. The van der Waals surface area contributed by atoms with E-state index in [4.69, 9.17) is 19.6 Å². The number of hydrogen-bond donors (Lipinski definition) is 1. The number of carboxylic acids is 1. The monoisotopic (exact) mass is 474 g/mol. The summed E-state index contributed by atoms with van der Waals surface area (Å²) in [5.74, 6) is -0.588. The number of amides is 1. The predicted octanol–water partition coefficient (Wildman–Crippen LogP) is 5.36. The van der Waals surface area contributed by atoms with Crippen LogP contribution in [0.4, 0.5) is 11.4 Å². The molecule has 1 aliphatic rings. The fourth-order valence-corrected chi connectivity index (χ4v) is 4.23. The second-order valence-corrected chi connectivity index (χ2v) is 8.33. The second-order valence-electron chi connectivity index (χ2n) is 7.33. The van der Waals surface area contributed by atoms with Crippen LogP contribution in [0, 0.1) is 0 Å². The van der Waals surface area contributed by atoms with Crippen molar-refractivity contribution < 1.29 is 24.2 Å². The summed E-state index contributed by atoms with van der Waals surface area (Å²) in [6.07, 6.45) is 0.727. The summed E-state index contributed by atoms with van der Waals surface area (Å²) in [5, 5.41) is 9.65. The zero-order valence-corrected chi connectivity index (χ0v) is 19.4. The summed E-state index contributed by atoms with van der Waals surface area (Å²) < 4.78 is 10.8. The third kappa shape index (κ3) is 5.13. The zero-order chi connectivity index (χ0) is 24.1. The molecular formula is C26H22N2O5S. The van der Waals surface area contributed by atoms with Gasteiger partial charge >= 0.3 is 5.97 Å². The normalized spacial score (nSPS) is 16.6. The maximum atomic E-state index is 13.4. The first-order chi connectivity index (χ1) is 16.5. The lowest BCUT2D eigenvalue weighted by atomic mass is 10.1. The largest absolute Gasteiger partial charge is 0.493 e. The van der Waals surface area contributed by atoms with Gasteiger partial charge in [0, 0.05) is 0 Å². The molecule has 0 spiro atoms. The number of carbonyl (C=O) groups excluding carboxylic acids is 1. The van der Waals surface area contributed by atoms with Gasteiger partial charge in [-0.25, -0.2) is 9.79 Å². The molecule has 34 heavy (non-hydrogen) atoms. The van der Waals surface area contributed by atoms with Crippen molar-refractivity contribution in [2.45, 2.75) is 13.0 Å². The standard InChI is InChI=1S/C26H22N2O5S/c1-17(25(30)31)33-21-14-13-18(15-22(21)32-2)16-23-24(29)28(20-11-7-4-8-12-20)26(34-23)27-19-9-5-3-6-10-19/h3-17H,1-2H3,(H,30,31)/b23-16-,27-26?/t17-/m0/s1. The lowest BCUT2D eigenvalue weighted by Crippen LogP contribution is -2.28. The smallest absolute Gasteiger partial charge is 0.344 e. The molecule has 1 atom stereocenters. The van der Waals surface area contributed by atoms with Crippen LogP contribution in [-0.2, 0) is 9.59 Å². The zero-order valence-electron chi connectivity index (χ0n) is 18.5. The molecule has 3 aromatic rings. The van der Waals surface area contributed by atoms with Gasteiger partial charge in [-0.3, -0.25) is 9.69 Å². The van der Waals surface area contributed by atoms with Crippen LogP contribution in [0.5, 0.6) is 11.5 Å². The van der Waals surface area contributed by atoms with Gasteiger partial charge in [0.15, 0.2) is 22.8 Å². The molecule has 0 unspecified atom stereocenters. The third-order valence-electron chi connectivity index (χ3n) is 4.94. The first kappa shape index (κ1) is 23.1. The average molecular weight is 475 g/mol. The van der Waals surface area contributed by atoms with E-state index >= 15 is 0 Å². The molecule has 1 saturated heterocycles. The van der Waals surface area contributed by atoms with E-state index in [1.807, 2.05) is 60.7 Å². The van der Waals surface area contributed by atoms with Gasteiger partial charge in [-0.1, -0.05) is 42.5 Å². The van der Waals surface area contributed by atoms with E-state index in [9.17, 15) is 9.59 Å². The molecule has 7 nitrogen and oxygen atoms in total. The second kappa shape index (κ2) is 10.3. The first-order valence-corrected chi connectivity index (χ1v) is 11.3. The van der Waals surface area contributed by atoms with E-state index in [0.29, 0.717) is 27.1 Å². The number of carbonyl (C=O) groups is 2. The average Bonchev–Trinajstić information content (AvgIpc) is 3.15. The van der Waals surface area contributed by atoms with E-state index in [-0.39, 0.29) is 5.91 Å². The molecule has 1 heterocycles. The van der Waals surface area contributed by atoms with Crippen molar-refractivity contribution in [2.75, 3.05) is 12.0 Å². The number of thioether (sulfide) groups is 1. The SMILES string of the molecule is COc1cc(/C=C2\SC(=Nc3ccccc3)N(c3ccccc3)C2=O)ccc1O[C@@H](C)C(=O)O. The van der Waals surface area contributed by atoms with E-state index < -0.39 is 12.1 Å². The maximum Gasteiger partial charge on any atom is 0.344 e. The first-order valence-electron chi connectivity index (χ1n) is 10.5. The summed E-state index contributed by atoms with van der Waals surface area (Å²) >= 11 is 1.28. The molecule has 0 aromatic heterocycles. The van der Waals surface area contributed by atoms with Crippen molar-refractivity contribution in [2.24, 2.45) is 4.99 Å². The topological polar surface area (TPSA) is 88.4 Å². The van der Waals surface area contributed by atoms with Crippen LogP contribution in [0.1, 0.15) is 12.5 Å². The molecule has 0 aliphatic carbocycles. The van der Waals surface area contributed by atoms with E-state index in [2.05, 4.69) is 0 Å². The Balaban J connectivity index is 1.69. The number of rotatable bonds is 7. The number of para-hydroxylation sites is 2. The van der Waals surface area contributed by atoms with E-state index in [1.54, 1.807) is 29.2 Å². The van der Waals surface area contributed by atoms with Crippen LogP contribution < -0.4 is 14.4 Å². The molecule has 4 rings (SSSR count). The van der Waals surface area contributed by atoms with Crippen LogP contribution in [0.3, 0.4) is 0 Å². The highest BCUT2D eigenvalue weighted by molar-refractivity contribution is 8.19. The number of benzene rings is 3. The fraction of sp³-hybridized carbons (Fsp3) is 0.115. The molecule has 0 bridgehead atoms. The minimum Gasteiger partial charge on any atom is -0.493 e. The highest BCUT2D eigenvalue weighted by atomic mass is 32.2. The van der Waals surface area contributed by atoms with Crippen LogP contribution >= 0.6 is 11.8 Å². The summed E-state index contributed by atoms with van der Waals surface area (Å²) in [5.41, 5.74) is 2.18. The molecule has 1 aliphatic heterocycles. The van der Waals surface area contributed by atoms with Crippen LogP contribution in [-0.4, -0.2) is 35.4 Å². The number of anilines is 1. The molecule has 1 N–H and O–H groups in total. The van der Waals surface area contributed by atoms with Crippen LogP contribution in [0.15, 0.2) is 88.8 Å². The van der Waals surface area contributed by atoms with Crippen molar-refractivity contribution in [1.82, 2.24) is 0 Å². The summed E-state index contributed by atoms with van der Waals surface area (Å²) in [6.45, 7) is 1.44. The molecule has 0 saturated carbocycles. The Labute approximate surface area is 201 Å². The molecule has 0 radical (unpaired) electrons. The third-order valence-corrected chi connectivity index (χ3v) is 5.91.